The Kier molecular flexibility index (Phi) is 5.41. The molecule has 2 rings (SSSR count). The van der Waals surface area contributed by atoms with Crippen LogP contribution in [0.25, 0.3) is 0 Å². The fourth-order valence-corrected chi connectivity index (χ4v) is 3.02. The van der Waals surface area contributed by atoms with Crippen molar-refractivity contribution in [2.45, 2.75) is 24.9 Å². The average molecular weight is 329 g/mol. The van der Waals surface area contributed by atoms with E-state index in [-0.39, 0.29) is 11.4 Å². The van der Waals surface area contributed by atoms with Crippen LogP contribution in [0, 0.1) is 0 Å². The molecular weight excluding hydrogens is 312 g/mol. The maximum Gasteiger partial charge on any atom is 0.240 e. The molecule has 0 aliphatic carbocycles. The third-order valence-corrected chi connectivity index (χ3v) is 4.71. The molecule has 5 nitrogen and oxygen atoms in total. The van der Waals surface area contributed by atoms with Crippen LogP contribution in [-0.2, 0) is 23.1 Å². The van der Waals surface area contributed by atoms with E-state index in [0.717, 1.165) is 17.7 Å². The summed E-state index contributed by atoms with van der Waals surface area (Å²) in [5, 5.41) is 3.67. The number of rotatable bonds is 7. The summed E-state index contributed by atoms with van der Waals surface area (Å²) in [5.74, 6) is 0. The summed E-state index contributed by atoms with van der Waals surface area (Å²) in [4.78, 5) is 0.197. The van der Waals surface area contributed by atoms with Gasteiger partial charge in [0.1, 0.15) is 0 Å². The first kappa shape index (κ1) is 16.0. The Morgan fingerprint density at radius 3 is 2.71 bits per heavy atom. The quantitative estimate of drug-likeness (QED) is 0.819. The highest BCUT2D eigenvalue weighted by Crippen LogP contribution is 2.20. The van der Waals surface area contributed by atoms with Crippen LogP contribution in [0.3, 0.4) is 0 Å². The standard InChI is InChI=1S/C14H17ClN2O3S/c1-2-16-9-12-7-13(3-4-14(12)15)21(18,19)17-8-11-5-6-20-10-11/h3-7,10,16-17H,2,8-9H2,1H3. The van der Waals surface area contributed by atoms with Crippen LogP contribution in [0.15, 0.2) is 46.1 Å². The Bertz CT molecular complexity index is 684. The van der Waals surface area contributed by atoms with Gasteiger partial charge in [-0.1, -0.05) is 18.5 Å². The molecule has 0 unspecified atom stereocenters. The number of furan rings is 1. The number of benzene rings is 1. The zero-order valence-corrected chi connectivity index (χ0v) is 13.2. The van der Waals surface area contributed by atoms with Crippen molar-refractivity contribution in [3.05, 3.63) is 52.9 Å². The summed E-state index contributed by atoms with van der Waals surface area (Å²) in [6, 6.07) is 6.39. The summed E-state index contributed by atoms with van der Waals surface area (Å²) in [6.45, 7) is 3.47. The predicted octanol–water partition coefficient (Wildman–Crippen LogP) is 2.52. The molecule has 0 atom stereocenters. The van der Waals surface area contributed by atoms with E-state index in [4.69, 9.17) is 16.0 Å². The van der Waals surface area contributed by atoms with Gasteiger partial charge in [0.25, 0.3) is 0 Å². The predicted molar refractivity (Wildman–Crippen MR) is 81.6 cm³/mol. The van der Waals surface area contributed by atoms with Gasteiger partial charge in [0.05, 0.1) is 17.4 Å². The second-order valence-electron chi connectivity index (χ2n) is 4.49. The van der Waals surface area contributed by atoms with Gasteiger partial charge in [-0.2, -0.15) is 0 Å². The van der Waals surface area contributed by atoms with E-state index in [0.29, 0.717) is 11.6 Å². The number of nitrogens with one attached hydrogen (secondary N) is 2. The van der Waals surface area contributed by atoms with E-state index in [1.54, 1.807) is 18.2 Å². The highest BCUT2D eigenvalue weighted by atomic mass is 35.5. The first-order valence-corrected chi connectivity index (χ1v) is 8.39. The second kappa shape index (κ2) is 7.09. The van der Waals surface area contributed by atoms with Crippen LogP contribution in [-0.4, -0.2) is 15.0 Å². The molecule has 0 bridgehead atoms. The monoisotopic (exact) mass is 328 g/mol. The first-order chi connectivity index (χ1) is 10.0. The van der Waals surface area contributed by atoms with Crippen molar-refractivity contribution >= 4 is 21.6 Å². The zero-order chi connectivity index (χ0) is 15.3. The van der Waals surface area contributed by atoms with Gasteiger partial charge in [0.2, 0.25) is 10.0 Å². The Labute approximate surface area is 129 Å². The van der Waals surface area contributed by atoms with E-state index in [2.05, 4.69) is 10.0 Å². The van der Waals surface area contributed by atoms with Gasteiger partial charge in [-0.15, -0.1) is 0 Å². The van der Waals surface area contributed by atoms with Crippen LogP contribution >= 0.6 is 11.6 Å². The summed E-state index contributed by atoms with van der Waals surface area (Å²) < 4.78 is 32.0. The SMILES string of the molecule is CCNCc1cc(S(=O)(=O)NCc2ccoc2)ccc1Cl. The van der Waals surface area contributed by atoms with Crippen LogP contribution in [0.4, 0.5) is 0 Å². The fraction of sp³-hybridized carbons (Fsp3) is 0.286. The second-order valence-corrected chi connectivity index (χ2v) is 6.66. The Hall–Kier alpha value is -1.34. The molecule has 0 amide bonds. The molecule has 114 valence electrons. The highest BCUT2D eigenvalue weighted by Gasteiger charge is 2.15. The van der Waals surface area contributed by atoms with Crippen LogP contribution < -0.4 is 10.0 Å². The summed E-state index contributed by atoms with van der Waals surface area (Å²) in [6.07, 6.45) is 3.00. The minimum absolute atomic E-state index is 0.185. The van der Waals surface area contributed by atoms with Gasteiger partial charge in [-0.25, -0.2) is 13.1 Å². The topological polar surface area (TPSA) is 71.3 Å². The average Bonchev–Trinajstić information content (AvgIpc) is 2.97. The lowest BCUT2D eigenvalue weighted by atomic mass is 10.2. The molecule has 21 heavy (non-hydrogen) atoms. The third kappa shape index (κ3) is 4.31. The lowest BCUT2D eigenvalue weighted by Crippen LogP contribution is -2.23. The molecular formula is C14H17ClN2O3S. The Balaban J connectivity index is 2.15. The molecule has 0 spiro atoms. The van der Waals surface area contributed by atoms with Crippen molar-refractivity contribution < 1.29 is 12.8 Å². The molecule has 2 aromatic rings. The molecule has 1 heterocycles. The molecule has 0 aliphatic rings. The van der Waals surface area contributed by atoms with Crippen LogP contribution in [0.1, 0.15) is 18.1 Å². The van der Waals surface area contributed by atoms with E-state index < -0.39 is 10.0 Å². The first-order valence-electron chi connectivity index (χ1n) is 6.53. The Morgan fingerprint density at radius 2 is 2.05 bits per heavy atom. The van der Waals surface area contributed by atoms with Gasteiger partial charge < -0.3 is 9.73 Å². The van der Waals surface area contributed by atoms with E-state index in [1.165, 1.54) is 18.6 Å². The minimum Gasteiger partial charge on any atom is -0.472 e. The highest BCUT2D eigenvalue weighted by molar-refractivity contribution is 7.89. The number of hydrogen-bond acceptors (Lipinski definition) is 4. The van der Waals surface area contributed by atoms with E-state index >= 15 is 0 Å². The smallest absolute Gasteiger partial charge is 0.240 e. The van der Waals surface area contributed by atoms with Crippen molar-refractivity contribution in [2.24, 2.45) is 0 Å². The third-order valence-electron chi connectivity index (χ3n) is 2.94. The van der Waals surface area contributed by atoms with Gasteiger partial charge in [0.15, 0.2) is 0 Å². The number of sulfonamides is 1. The largest absolute Gasteiger partial charge is 0.472 e. The summed E-state index contributed by atoms with van der Waals surface area (Å²) >= 11 is 6.07. The Morgan fingerprint density at radius 1 is 1.24 bits per heavy atom. The molecule has 2 N–H and O–H groups in total. The van der Waals surface area contributed by atoms with Crippen molar-refractivity contribution in [1.29, 1.82) is 0 Å². The molecule has 0 fully saturated rings. The van der Waals surface area contributed by atoms with Crippen molar-refractivity contribution in [3.8, 4) is 0 Å². The number of halogens is 1. The van der Waals surface area contributed by atoms with Crippen LogP contribution in [0.5, 0.6) is 0 Å². The van der Waals surface area contributed by atoms with Gasteiger partial charge in [-0.3, -0.25) is 0 Å². The molecule has 7 heteroatoms. The fourth-order valence-electron chi connectivity index (χ4n) is 1.77. The maximum absolute atomic E-state index is 12.3. The molecule has 0 saturated carbocycles. The molecule has 0 radical (unpaired) electrons. The molecule has 0 saturated heterocycles. The van der Waals surface area contributed by atoms with Crippen molar-refractivity contribution in [1.82, 2.24) is 10.0 Å². The molecule has 0 aliphatic heterocycles. The zero-order valence-electron chi connectivity index (χ0n) is 11.6. The van der Waals surface area contributed by atoms with E-state index in [9.17, 15) is 8.42 Å². The molecule has 1 aromatic carbocycles. The van der Waals surface area contributed by atoms with Gasteiger partial charge >= 0.3 is 0 Å². The van der Waals surface area contributed by atoms with Crippen molar-refractivity contribution in [3.63, 3.8) is 0 Å². The lowest BCUT2D eigenvalue weighted by molar-refractivity contribution is 0.561. The van der Waals surface area contributed by atoms with Crippen molar-refractivity contribution in [2.75, 3.05) is 6.54 Å². The minimum atomic E-state index is -3.58. The summed E-state index contributed by atoms with van der Waals surface area (Å²) in [7, 11) is -3.58. The number of hydrogen-bond donors (Lipinski definition) is 2. The molecule has 1 aromatic heterocycles. The van der Waals surface area contributed by atoms with E-state index in [1.807, 2.05) is 6.92 Å². The maximum atomic E-state index is 12.3. The summed E-state index contributed by atoms with van der Waals surface area (Å²) in [5.41, 5.74) is 1.52. The van der Waals surface area contributed by atoms with Crippen LogP contribution in [0.2, 0.25) is 5.02 Å². The van der Waals surface area contributed by atoms with Gasteiger partial charge in [0, 0.05) is 23.7 Å². The van der Waals surface area contributed by atoms with Gasteiger partial charge in [-0.05, 0) is 36.4 Å². The normalized spacial score (nSPS) is 11.7. The lowest BCUT2D eigenvalue weighted by Gasteiger charge is -2.10.